The van der Waals surface area contributed by atoms with Crippen molar-refractivity contribution in [1.82, 2.24) is 0 Å². The molecule has 16 heavy (non-hydrogen) atoms. The standard InChI is InChI=1S/C13H17NO2/c14-6-5-13(15)12-3-1-10(2-4-12)7-11-8-16-9-11/h1-4,11H,5-9,14H2. The number of rotatable bonds is 5. The second-order valence-corrected chi connectivity index (χ2v) is 4.27. The Labute approximate surface area is 95.6 Å². The van der Waals surface area contributed by atoms with Gasteiger partial charge in [0.05, 0.1) is 13.2 Å². The molecule has 0 radical (unpaired) electrons. The van der Waals surface area contributed by atoms with Gasteiger partial charge in [0.1, 0.15) is 0 Å². The second kappa shape index (κ2) is 5.23. The summed E-state index contributed by atoms with van der Waals surface area (Å²) in [6, 6.07) is 7.85. The van der Waals surface area contributed by atoms with E-state index in [0.717, 1.165) is 25.2 Å². The summed E-state index contributed by atoms with van der Waals surface area (Å²) in [4.78, 5) is 11.5. The minimum atomic E-state index is 0.126. The van der Waals surface area contributed by atoms with Gasteiger partial charge in [-0.3, -0.25) is 4.79 Å². The van der Waals surface area contributed by atoms with Crippen molar-refractivity contribution in [2.45, 2.75) is 12.8 Å². The number of ether oxygens (including phenoxy) is 1. The van der Waals surface area contributed by atoms with Crippen molar-refractivity contribution in [2.75, 3.05) is 19.8 Å². The first-order chi connectivity index (χ1) is 7.79. The van der Waals surface area contributed by atoms with E-state index < -0.39 is 0 Å². The fourth-order valence-electron chi connectivity index (χ4n) is 1.84. The highest BCUT2D eigenvalue weighted by Gasteiger charge is 2.18. The maximum atomic E-state index is 11.5. The predicted molar refractivity (Wildman–Crippen MR) is 62.5 cm³/mol. The Bertz CT molecular complexity index is 355. The topological polar surface area (TPSA) is 52.3 Å². The Hall–Kier alpha value is -1.19. The molecule has 1 aromatic carbocycles. The van der Waals surface area contributed by atoms with E-state index >= 15 is 0 Å². The highest BCUT2D eigenvalue weighted by Crippen LogP contribution is 2.17. The molecule has 0 bridgehead atoms. The molecule has 2 N–H and O–H groups in total. The van der Waals surface area contributed by atoms with Crippen LogP contribution in [0.15, 0.2) is 24.3 Å². The minimum absolute atomic E-state index is 0.126. The van der Waals surface area contributed by atoms with Crippen LogP contribution < -0.4 is 5.73 Å². The zero-order valence-corrected chi connectivity index (χ0v) is 9.32. The summed E-state index contributed by atoms with van der Waals surface area (Å²) in [6.45, 7) is 2.15. The molecule has 1 heterocycles. The van der Waals surface area contributed by atoms with Crippen molar-refractivity contribution in [2.24, 2.45) is 11.7 Å². The molecule has 1 aromatic rings. The number of nitrogens with two attached hydrogens (primary N) is 1. The first kappa shape index (κ1) is 11.3. The SMILES string of the molecule is NCCC(=O)c1ccc(CC2COC2)cc1. The van der Waals surface area contributed by atoms with Crippen LogP contribution in [0.4, 0.5) is 0 Å². The summed E-state index contributed by atoms with van der Waals surface area (Å²) in [5.41, 5.74) is 7.39. The third-order valence-corrected chi connectivity index (χ3v) is 2.88. The lowest BCUT2D eigenvalue weighted by molar-refractivity contribution is -0.0312. The van der Waals surface area contributed by atoms with Gasteiger partial charge >= 0.3 is 0 Å². The number of hydrogen-bond acceptors (Lipinski definition) is 3. The Morgan fingerprint density at radius 2 is 2.00 bits per heavy atom. The normalized spacial score (nSPS) is 15.8. The molecule has 0 saturated carbocycles. The van der Waals surface area contributed by atoms with Gasteiger partial charge in [-0.2, -0.15) is 0 Å². The molecule has 86 valence electrons. The molecule has 0 amide bonds. The first-order valence-electron chi connectivity index (χ1n) is 5.69. The minimum Gasteiger partial charge on any atom is -0.381 e. The molecule has 0 atom stereocenters. The van der Waals surface area contributed by atoms with Crippen LogP contribution in [-0.4, -0.2) is 25.5 Å². The fourth-order valence-corrected chi connectivity index (χ4v) is 1.84. The van der Waals surface area contributed by atoms with Crippen molar-refractivity contribution in [3.05, 3.63) is 35.4 Å². The molecular formula is C13H17NO2. The van der Waals surface area contributed by atoms with Gasteiger partial charge in [-0.25, -0.2) is 0 Å². The first-order valence-corrected chi connectivity index (χ1v) is 5.69. The van der Waals surface area contributed by atoms with Crippen molar-refractivity contribution >= 4 is 5.78 Å². The van der Waals surface area contributed by atoms with Crippen LogP contribution in [0.2, 0.25) is 0 Å². The third kappa shape index (κ3) is 2.68. The zero-order valence-electron chi connectivity index (χ0n) is 9.32. The van der Waals surface area contributed by atoms with E-state index in [2.05, 4.69) is 0 Å². The second-order valence-electron chi connectivity index (χ2n) is 4.27. The molecule has 0 spiro atoms. The molecule has 1 aliphatic rings. The molecule has 3 heteroatoms. The van der Waals surface area contributed by atoms with E-state index in [1.165, 1.54) is 5.56 Å². The van der Waals surface area contributed by atoms with Crippen LogP contribution in [0.3, 0.4) is 0 Å². The Balaban J connectivity index is 1.95. The van der Waals surface area contributed by atoms with Crippen LogP contribution in [0.1, 0.15) is 22.3 Å². The van der Waals surface area contributed by atoms with Gasteiger partial charge in [0.15, 0.2) is 5.78 Å². The van der Waals surface area contributed by atoms with Crippen LogP contribution in [0, 0.1) is 5.92 Å². The monoisotopic (exact) mass is 219 g/mol. The van der Waals surface area contributed by atoms with Crippen molar-refractivity contribution < 1.29 is 9.53 Å². The number of Topliss-reactive ketones (excluding diaryl/α,β-unsaturated/α-hetero) is 1. The molecule has 0 aliphatic carbocycles. The maximum Gasteiger partial charge on any atom is 0.164 e. The zero-order chi connectivity index (χ0) is 11.4. The smallest absolute Gasteiger partial charge is 0.164 e. The number of carbonyl (C=O) groups excluding carboxylic acids is 1. The third-order valence-electron chi connectivity index (χ3n) is 2.88. The van der Waals surface area contributed by atoms with E-state index in [1.807, 2.05) is 24.3 Å². The molecule has 0 unspecified atom stereocenters. The number of ketones is 1. The Morgan fingerprint density at radius 3 is 2.50 bits per heavy atom. The Kier molecular flexibility index (Phi) is 3.70. The van der Waals surface area contributed by atoms with Gasteiger partial charge in [0, 0.05) is 17.9 Å². The van der Waals surface area contributed by atoms with E-state index in [4.69, 9.17) is 10.5 Å². The molecule has 0 aromatic heterocycles. The van der Waals surface area contributed by atoms with Crippen LogP contribution in [-0.2, 0) is 11.2 Å². The average molecular weight is 219 g/mol. The summed E-state index contributed by atoms with van der Waals surface area (Å²) in [5.74, 6) is 0.784. The quantitative estimate of drug-likeness (QED) is 0.762. The van der Waals surface area contributed by atoms with E-state index in [-0.39, 0.29) is 5.78 Å². The summed E-state index contributed by atoms with van der Waals surface area (Å²) in [6.07, 6.45) is 1.47. The van der Waals surface area contributed by atoms with Gasteiger partial charge in [0.2, 0.25) is 0 Å². The van der Waals surface area contributed by atoms with Crippen LogP contribution >= 0.6 is 0 Å². The summed E-state index contributed by atoms with van der Waals surface area (Å²) in [5, 5.41) is 0. The lowest BCUT2D eigenvalue weighted by atomic mass is 9.96. The van der Waals surface area contributed by atoms with Gasteiger partial charge in [-0.1, -0.05) is 24.3 Å². The van der Waals surface area contributed by atoms with Gasteiger partial charge < -0.3 is 10.5 Å². The summed E-state index contributed by atoms with van der Waals surface area (Å²) < 4.78 is 5.13. The highest BCUT2D eigenvalue weighted by molar-refractivity contribution is 5.96. The lowest BCUT2D eigenvalue weighted by Crippen LogP contribution is -2.29. The summed E-state index contributed by atoms with van der Waals surface area (Å²) in [7, 11) is 0. The van der Waals surface area contributed by atoms with Crippen molar-refractivity contribution in [3.63, 3.8) is 0 Å². The van der Waals surface area contributed by atoms with Gasteiger partial charge in [-0.05, 0) is 18.5 Å². The van der Waals surface area contributed by atoms with Gasteiger partial charge in [0.25, 0.3) is 0 Å². The van der Waals surface area contributed by atoms with E-state index in [0.29, 0.717) is 18.9 Å². The van der Waals surface area contributed by atoms with Crippen molar-refractivity contribution in [3.8, 4) is 0 Å². The fraction of sp³-hybridized carbons (Fsp3) is 0.462. The molecule has 2 rings (SSSR count). The predicted octanol–water partition coefficient (Wildman–Crippen LogP) is 1.41. The lowest BCUT2D eigenvalue weighted by Gasteiger charge is -2.25. The van der Waals surface area contributed by atoms with Gasteiger partial charge in [-0.15, -0.1) is 0 Å². The molecule has 3 nitrogen and oxygen atoms in total. The number of hydrogen-bond donors (Lipinski definition) is 1. The number of benzene rings is 1. The average Bonchev–Trinajstić information content (AvgIpc) is 2.25. The molecule has 1 aliphatic heterocycles. The maximum absolute atomic E-state index is 11.5. The van der Waals surface area contributed by atoms with E-state index in [1.54, 1.807) is 0 Å². The number of carbonyl (C=O) groups is 1. The van der Waals surface area contributed by atoms with Crippen LogP contribution in [0.5, 0.6) is 0 Å². The van der Waals surface area contributed by atoms with E-state index in [9.17, 15) is 4.79 Å². The highest BCUT2D eigenvalue weighted by atomic mass is 16.5. The van der Waals surface area contributed by atoms with Crippen molar-refractivity contribution in [1.29, 1.82) is 0 Å². The molecule has 1 saturated heterocycles. The molecule has 1 fully saturated rings. The Morgan fingerprint density at radius 1 is 1.31 bits per heavy atom. The molecular weight excluding hydrogens is 202 g/mol. The summed E-state index contributed by atoms with van der Waals surface area (Å²) >= 11 is 0. The largest absolute Gasteiger partial charge is 0.381 e. The van der Waals surface area contributed by atoms with Crippen LogP contribution in [0.25, 0.3) is 0 Å².